The Labute approximate surface area is 176 Å². The van der Waals surface area contributed by atoms with Gasteiger partial charge in [0.15, 0.2) is 17.5 Å². The summed E-state index contributed by atoms with van der Waals surface area (Å²) in [6.45, 7) is 7.59. The van der Waals surface area contributed by atoms with Crippen LogP contribution in [0.1, 0.15) is 32.9 Å². The number of nitrogens with one attached hydrogen (secondary N) is 3. The first-order valence-electron chi connectivity index (χ1n) is 10.0. The highest BCUT2D eigenvalue weighted by atomic mass is 16.5. The second-order valence-corrected chi connectivity index (χ2v) is 8.10. The second kappa shape index (κ2) is 9.51. The van der Waals surface area contributed by atoms with Gasteiger partial charge in [-0.15, -0.1) is 0 Å². The minimum atomic E-state index is -0.299. The summed E-state index contributed by atoms with van der Waals surface area (Å²) in [7, 11) is 1.87. The van der Waals surface area contributed by atoms with Gasteiger partial charge in [-0.25, -0.2) is 4.99 Å². The van der Waals surface area contributed by atoms with Gasteiger partial charge in [-0.3, -0.25) is 9.48 Å². The van der Waals surface area contributed by atoms with E-state index in [0.717, 1.165) is 23.6 Å². The Morgan fingerprint density at radius 2 is 1.97 bits per heavy atom. The van der Waals surface area contributed by atoms with E-state index in [1.807, 2.05) is 52.1 Å². The third kappa shape index (κ3) is 6.40. The van der Waals surface area contributed by atoms with Crippen LogP contribution in [0.4, 0.5) is 5.69 Å². The van der Waals surface area contributed by atoms with Gasteiger partial charge in [-0.1, -0.05) is 0 Å². The van der Waals surface area contributed by atoms with Crippen molar-refractivity contribution >= 4 is 17.6 Å². The van der Waals surface area contributed by atoms with Crippen LogP contribution in [0.15, 0.2) is 35.5 Å². The number of rotatable bonds is 5. The molecule has 0 saturated heterocycles. The molecule has 2 aromatic rings. The number of ether oxygens (including phenoxy) is 2. The molecule has 9 heteroatoms. The fraction of sp³-hybridized carbons (Fsp3) is 0.476. The molecule has 0 spiro atoms. The summed E-state index contributed by atoms with van der Waals surface area (Å²) in [5.41, 5.74) is 1.44. The van der Waals surface area contributed by atoms with Crippen molar-refractivity contribution in [2.45, 2.75) is 39.3 Å². The summed E-state index contributed by atoms with van der Waals surface area (Å²) in [5.74, 6) is 1.78. The highest BCUT2D eigenvalue weighted by Gasteiger charge is 2.15. The Hall–Kier alpha value is -3.23. The fourth-order valence-corrected chi connectivity index (χ4v) is 2.86. The molecular formula is C21H30N6O3. The van der Waals surface area contributed by atoms with Crippen LogP contribution in [0, 0.1) is 0 Å². The van der Waals surface area contributed by atoms with Crippen LogP contribution >= 0.6 is 0 Å². The van der Waals surface area contributed by atoms with Crippen LogP contribution < -0.4 is 25.4 Å². The number of hydrogen-bond acceptors (Lipinski definition) is 5. The van der Waals surface area contributed by atoms with Crippen molar-refractivity contribution in [1.82, 2.24) is 20.4 Å². The van der Waals surface area contributed by atoms with Crippen molar-refractivity contribution in [1.29, 1.82) is 0 Å². The Balaban J connectivity index is 1.72. The third-order valence-electron chi connectivity index (χ3n) is 4.26. The number of amides is 1. The Kier molecular flexibility index (Phi) is 6.81. The minimum absolute atomic E-state index is 0.0963. The van der Waals surface area contributed by atoms with Gasteiger partial charge in [-0.2, -0.15) is 5.10 Å². The zero-order valence-electron chi connectivity index (χ0n) is 18.0. The molecule has 0 unspecified atom stereocenters. The number of carbonyl (C=O) groups is 1. The van der Waals surface area contributed by atoms with Gasteiger partial charge in [0.05, 0.1) is 32.0 Å². The number of aromatic nitrogens is 2. The quantitative estimate of drug-likeness (QED) is 0.511. The number of fused-ring (bicyclic) bond motifs is 1. The number of guanidine groups is 1. The molecule has 0 aliphatic carbocycles. The fourth-order valence-electron chi connectivity index (χ4n) is 2.86. The smallest absolute Gasteiger partial charge is 0.239 e. The summed E-state index contributed by atoms with van der Waals surface area (Å²) in [4.78, 5) is 16.8. The largest absolute Gasteiger partial charge is 0.490 e. The average molecular weight is 415 g/mol. The zero-order chi connectivity index (χ0) is 21.6. The maximum absolute atomic E-state index is 12.2. The van der Waals surface area contributed by atoms with Crippen molar-refractivity contribution in [3.8, 4) is 11.5 Å². The lowest BCUT2D eigenvalue weighted by atomic mass is 10.1. The first-order chi connectivity index (χ1) is 14.3. The van der Waals surface area contributed by atoms with Crippen LogP contribution in [0.2, 0.25) is 0 Å². The third-order valence-corrected chi connectivity index (χ3v) is 4.26. The summed E-state index contributed by atoms with van der Waals surface area (Å²) < 4.78 is 13.2. The van der Waals surface area contributed by atoms with Crippen molar-refractivity contribution in [3.63, 3.8) is 0 Å². The number of hydrogen-bond donors (Lipinski definition) is 3. The topological polar surface area (TPSA) is 102 Å². The molecule has 1 aromatic heterocycles. The van der Waals surface area contributed by atoms with E-state index >= 15 is 0 Å². The maximum Gasteiger partial charge on any atom is 0.239 e. The Bertz CT molecular complexity index is 900. The van der Waals surface area contributed by atoms with E-state index in [-0.39, 0.29) is 18.0 Å². The summed E-state index contributed by atoms with van der Waals surface area (Å²) in [5, 5.41) is 13.4. The molecule has 162 valence electrons. The SMILES string of the molecule is Cn1nccc1CN=C(NCC(=O)NC(C)(C)C)Nc1ccc2c(c1)OCCCO2. The van der Waals surface area contributed by atoms with Crippen LogP contribution in [0.25, 0.3) is 0 Å². The van der Waals surface area contributed by atoms with E-state index in [1.54, 1.807) is 10.9 Å². The lowest BCUT2D eigenvalue weighted by Gasteiger charge is -2.21. The van der Waals surface area contributed by atoms with Crippen molar-refractivity contribution < 1.29 is 14.3 Å². The molecule has 0 saturated carbocycles. The minimum Gasteiger partial charge on any atom is -0.490 e. The van der Waals surface area contributed by atoms with E-state index in [2.05, 4.69) is 26.0 Å². The van der Waals surface area contributed by atoms with E-state index in [0.29, 0.717) is 31.5 Å². The van der Waals surface area contributed by atoms with Gasteiger partial charge in [-0.05, 0) is 39.0 Å². The van der Waals surface area contributed by atoms with Crippen LogP contribution in [0.5, 0.6) is 11.5 Å². The van der Waals surface area contributed by atoms with Gasteiger partial charge < -0.3 is 25.4 Å². The van der Waals surface area contributed by atoms with Gasteiger partial charge in [0.2, 0.25) is 5.91 Å². The summed E-state index contributed by atoms with van der Waals surface area (Å²) >= 11 is 0. The number of nitrogens with zero attached hydrogens (tertiary/aromatic N) is 3. The normalized spacial score (nSPS) is 14.1. The van der Waals surface area contributed by atoms with E-state index in [1.165, 1.54) is 0 Å². The molecule has 0 atom stereocenters. The molecule has 9 nitrogen and oxygen atoms in total. The number of aliphatic imine (C=N–C) groups is 1. The van der Waals surface area contributed by atoms with E-state index in [9.17, 15) is 4.79 Å². The second-order valence-electron chi connectivity index (χ2n) is 8.10. The molecular weight excluding hydrogens is 384 g/mol. The van der Waals surface area contributed by atoms with Gasteiger partial charge in [0.25, 0.3) is 0 Å². The highest BCUT2D eigenvalue weighted by Crippen LogP contribution is 2.32. The molecule has 0 radical (unpaired) electrons. The molecule has 3 N–H and O–H groups in total. The lowest BCUT2D eigenvalue weighted by Crippen LogP contribution is -2.46. The summed E-state index contributed by atoms with van der Waals surface area (Å²) in [6.07, 6.45) is 2.57. The van der Waals surface area contributed by atoms with Gasteiger partial charge >= 0.3 is 0 Å². The molecule has 0 fully saturated rings. The predicted molar refractivity (Wildman–Crippen MR) is 116 cm³/mol. The predicted octanol–water partition coefficient (Wildman–Crippen LogP) is 2.05. The van der Waals surface area contributed by atoms with E-state index < -0.39 is 0 Å². The first kappa shape index (κ1) is 21.5. The monoisotopic (exact) mass is 414 g/mol. The summed E-state index contributed by atoms with van der Waals surface area (Å²) in [6, 6.07) is 7.54. The number of carbonyl (C=O) groups excluding carboxylic acids is 1. The average Bonchev–Trinajstić information content (AvgIpc) is 2.94. The molecule has 1 aromatic carbocycles. The molecule has 1 aliphatic rings. The van der Waals surface area contributed by atoms with E-state index in [4.69, 9.17) is 9.47 Å². The van der Waals surface area contributed by atoms with Crippen molar-refractivity contribution in [3.05, 3.63) is 36.2 Å². The first-order valence-corrected chi connectivity index (χ1v) is 10.0. The van der Waals surface area contributed by atoms with Gasteiger partial charge in [0.1, 0.15) is 0 Å². The van der Waals surface area contributed by atoms with Crippen LogP contribution in [-0.4, -0.2) is 46.9 Å². The number of aryl methyl sites for hydroxylation is 1. The van der Waals surface area contributed by atoms with Crippen LogP contribution in [-0.2, 0) is 18.4 Å². The number of anilines is 1. The van der Waals surface area contributed by atoms with Gasteiger partial charge in [0, 0.05) is 37.0 Å². The van der Waals surface area contributed by atoms with Crippen molar-refractivity contribution in [2.24, 2.45) is 12.0 Å². The molecule has 0 bridgehead atoms. The maximum atomic E-state index is 12.2. The molecule has 1 amide bonds. The zero-order valence-corrected chi connectivity index (χ0v) is 18.0. The van der Waals surface area contributed by atoms with Crippen molar-refractivity contribution in [2.75, 3.05) is 25.1 Å². The molecule has 30 heavy (non-hydrogen) atoms. The molecule has 3 rings (SSSR count). The lowest BCUT2D eigenvalue weighted by molar-refractivity contribution is -0.121. The molecule has 2 heterocycles. The number of benzene rings is 1. The standard InChI is InChI=1S/C21H30N6O3/c1-21(2,3)26-19(28)14-23-20(22-13-16-8-9-24-27(16)4)25-15-6-7-17-18(12-15)30-11-5-10-29-17/h6-9,12H,5,10-11,13-14H2,1-4H3,(H,26,28)(H2,22,23,25). The van der Waals surface area contributed by atoms with Crippen LogP contribution in [0.3, 0.4) is 0 Å². The highest BCUT2D eigenvalue weighted by molar-refractivity contribution is 5.96. The molecule has 1 aliphatic heterocycles. The Morgan fingerprint density at radius 3 is 2.67 bits per heavy atom. The Morgan fingerprint density at radius 1 is 1.20 bits per heavy atom.